The Morgan fingerprint density at radius 3 is 2.72 bits per heavy atom. The molecule has 0 aliphatic heterocycles. The van der Waals surface area contributed by atoms with Crippen LogP contribution in [0.3, 0.4) is 0 Å². The van der Waals surface area contributed by atoms with Gasteiger partial charge in [-0.05, 0) is 42.8 Å². The van der Waals surface area contributed by atoms with Crippen molar-refractivity contribution in [2.75, 3.05) is 6.54 Å². The third kappa shape index (κ3) is 4.66. The Bertz CT molecular complexity index is 425. The molecule has 102 valence electrons. The normalized spacial score (nSPS) is 13.2. The molecule has 6 nitrogen and oxygen atoms in total. The number of aromatic nitrogens is 2. The molecule has 1 aromatic rings. The average Bonchev–Trinajstić information content (AvgIpc) is 2.52. The smallest absolute Gasteiger partial charge is 0.407 e. The first kappa shape index (κ1) is 15.0. The molecule has 1 amide bonds. The second-order valence-corrected chi connectivity index (χ2v) is 5.82. The van der Waals surface area contributed by atoms with E-state index in [1.165, 1.54) is 0 Å². The lowest BCUT2D eigenvalue weighted by molar-refractivity contribution is 0.0524. The van der Waals surface area contributed by atoms with E-state index in [0.29, 0.717) is 11.1 Å². The van der Waals surface area contributed by atoms with Crippen LogP contribution in [0, 0.1) is 0 Å². The Morgan fingerprint density at radius 1 is 1.67 bits per heavy atom. The fourth-order valence-corrected chi connectivity index (χ4v) is 1.88. The zero-order chi connectivity index (χ0) is 13.9. The second-order valence-electron chi connectivity index (χ2n) is 5.00. The number of alkyl carbamates (subject to hydrolysis) is 1. The molecular formula is C11H19BrN4O2. The molecule has 0 aliphatic carbocycles. The van der Waals surface area contributed by atoms with Gasteiger partial charge in [0.15, 0.2) is 0 Å². The van der Waals surface area contributed by atoms with Crippen molar-refractivity contribution in [1.82, 2.24) is 15.1 Å². The van der Waals surface area contributed by atoms with Gasteiger partial charge in [-0.3, -0.25) is 4.68 Å². The Hall–Kier alpha value is -1.08. The van der Waals surface area contributed by atoms with E-state index < -0.39 is 11.7 Å². The van der Waals surface area contributed by atoms with Crippen LogP contribution >= 0.6 is 15.9 Å². The van der Waals surface area contributed by atoms with Crippen LogP contribution in [0.4, 0.5) is 4.79 Å². The van der Waals surface area contributed by atoms with Gasteiger partial charge < -0.3 is 15.8 Å². The number of hydrogen-bond donors (Lipinski definition) is 2. The standard InChI is InChI=1S/C11H19BrN4O2/c1-11(2,3)18-10(17)14-6-7(13)8-5-9(12)15-16(8)4/h5,7H,6,13H2,1-4H3,(H,14,17). The summed E-state index contributed by atoms with van der Waals surface area (Å²) in [4.78, 5) is 11.5. The highest BCUT2D eigenvalue weighted by atomic mass is 79.9. The summed E-state index contributed by atoms with van der Waals surface area (Å²) in [6.07, 6.45) is -0.473. The van der Waals surface area contributed by atoms with Crippen LogP contribution in [0.2, 0.25) is 0 Å². The number of amides is 1. The minimum Gasteiger partial charge on any atom is -0.444 e. The lowest BCUT2D eigenvalue weighted by Gasteiger charge is -2.20. The summed E-state index contributed by atoms with van der Waals surface area (Å²) < 4.78 is 7.51. The van der Waals surface area contributed by atoms with Crippen LogP contribution in [-0.4, -0.2) is 28.0 Å². The topological polar surface area (TPSA) is 82.2 Å². The van der Waals surface area contributed by atoms with Crippen LogP contribution < -0.4 is 11.1 Å². The molecule has 7 heteroatoms. The summed E-state index contributed by atoms with van der Waals surface area (Å²) in [5.41, 5.74) is 6.29. The van der Waals surface area contributed by atoms with Crippen LogP contribution in [0.1, 0.15) is 32.5 Å². The van der Waals surface area contributed by atoms with E-state index in [4.69, 9.17) is 10.5 Å². The summed E-state index contributed by atoms with van der Waals surface area (Å²) in [7, 11) is 1.80. The van der Waals surface area contributed by atoms with Crippen molar-refractivity contribution in [1.29, 1.82) is 0 Å². The molecule has 18 heavy (non-hydrogen) atoms. The van der Waals surface area contributed by atoms with Crippen LogP contribution in [0.15, 0.2) is 10.7 Å². The van der Waals surface area contributed by atoms with Crippen molar-refractivity contribution in [2.24, 2.45) is 12.8 Å². The lowest BCUT2D eigenvalue weighted by atomic mass is 10.2. The van der Waals surface area contributed by atoms with E-state index in [-0.39, 0.29) is 6.04 Å². The van der Waals surface area contributed by atoms with Crippen molar-refractivity contribution in [3.05, 3.63) is 16.4 Å². The number of carbonyl (C=O) groups is 1. The Morgan fingerprint density at radius 2 is 2.28 bits per heavy atom. The minimum atomic E-state index is -0.510. The maximum atomic E-state index is 11.5. The SMILES string of the molecule is Cn1nc(Br)cc1C(N)CNC(=O)OC(C)(C)C. The molecule has 0 saturated heterocycles. The van der Waals surface area contributed by atoms with Crippen LogP contribution in [-0.2, 0) is 11.8 Å². The average molecular weight is 319 g/mol. The monoisotopic (exact) mass is 318 g/mol. The second kappa shape index (κ2) is 5.71. The van der Waals surface area contributed by atoms with Gasteiger partial charge in [0.05, 0.1) is 11.7 Å². The van der Waals surface area contributed by atoms with Gasteiger partial charge in [-0.1, -0.05) is 0 Å². The molecule has 0 spiro atoms. The fraction of sp³-hybridized carbons (Fsp3) is 0.636. The summed E-state index contributed by atoms with van der Waals surface area (Å²) >= 11 is 3.27. The van der Waals surface area contributed by atoms with E-state index in [1.807, 2.05) is 26.8 Å². The van der Waals surface area contributed by atoms with Gasteiger partial charge in [-0.2, -0.15) is 5.10 Å². The first-order valence-electron chi connectivity index (χ1n) is 5.61. The highest BCUT2D eigenvalue weighted by Crippen LogP contribution is 2.15. The molecule has 0 bridgehead atoms. The van der Waals surface area contributed by atoms with Crippen molar-refractivity contribution in [3.63, 3.8) is 0 Å². The quantitative estimate of drug-likeness (QED) is 0.888. The van der Waals surface area contributed by atoms with Gasteiger partial charge in [-0.25, -0.2) is 4.79 Å². The maximum Gasteiger partial charge on any atom is 0.407 e. The summed E-state index contributed by atoms with van der Waals surface area (Å²) in [5, 5.41) is 6.76. The molecule has 0 fully saturated rings. The van der Waals surface area contributed by atoms with Gasteiger partial charge in [-0.15, -0.1) is 0 Å². The van der Waals surface area contributed by atoms with E-state index in [2.05, 4.69) is 26.3 Å². The Labute approximate surface area is 115 Å². The van der Waals surface area contributed by atoms with E-state index in [1.54, 1.807) is 11.7 Å². The van der Waals surface area contributed by atoms with Gasteiger partial charge in [0.1, 0.15) is 10.2 Å². The highest BCUT2D eigenvalue weighted by Gasteiger charge is 2.18. The van der Waals surface area contributed by atoms with Crippen molar-refractivity contribution >= 4 is 22.0 Å². The van der Waals surface area contributed by atoms with Crippen LogP contribution in [0.5, 0.6) is 0 Å². The third-order valence-electron chi connectivity index (χ3n) is 2.13. The number of nitrogens with one attached hydrogen (secondary N) is 1. The van der Waals surface area contributed by atoms with Gasteiger partial charge >= 0.3 is 6.09 Å². The molecule has 0 saturated carbocycles. The zero-order valence-electron chi connectivity index (χ0n) is 11.0. The predicted octanol–water partition coefficient (Wildman–Crippen LogP) is 1.71. The number of aryl methyl sites for hydroxylation is 1. The minimum absolute atomic E-state index is 0.293. The number of rotatable bonds is 3. The van der Waals surface area contributed by atoms with E-state index in [9.17, 15) is 4.79 Å². The molecular weight excluding hydrogens is 300 g/mol. The number of carbonyl (C=O) groups excluding carboxylic acids is 1. The fourth-order valence-electron chi connectivity index (χ4n) is 1.40. The van der Waals surface area contributed by atoms with Gasteiger partial charge in [0.25, 0.3) is 0 Å². The first-order chi connectivity index (χ1) is 8.19. The molecule has 0 radical (unpaired) electrons. The first-order valence-corrected chi connectivity index (χ1v) is 6.40. The molecule has 1 unspecified atom stereocenters. The summed E-state index contributed by atoms with van der Waals surface area (Å²) in [5.74, 6) is 0. The largest absolute Gasteiger partial charge is 0.444 e. The summed E-state index contributed by atoms with van der Waals surface area (Å²) in [6.45, 7) is 5.72. The van der Waals surface area contributed by atoms with E-state index in [0.717, 1.165) is 5.69 Å². The van der Waals surface area contributed by atoms with Gasteiger partial charge in [0, 0.05) is 13.6 Å². The molecule has 1 atom stereocenters. The lowest BCUT2D eigenvalue weighted by Crippen LogP contribution is -2.37. The highest BCUT2D eigenvalue weighted by molar-refractivity contribution is 9.10. The third-order valence-corrected chi connectivity index (χ3v) is 2.52. The molecule has 0 aliphatic rings. The molecule has 1 aromatic heterocycles. The van der Waals surface area contributed by atoms with Gasteiger partial charge in [0.2, 0.25) is 0 Å². The molecule has 1 heterocycles. The maximum absolute atomic E-state index is 11.5. The zero-order valence-corrected chi connectivity index (χ0v) is 12.6. The molecule has 0 aromatic carbocycles. The number of ether oxygens (including phenoxy) is 1. The predicted molar refractivity (Wildman–Crippen MR) is 72.1 cm³/mol. The Balaban J connectivity index is 2.49. The van der Waals surface area contributed by atoms with Crippen molar-refractivity contribution in [3.8, 4) is 0 Å². The number of nitrogens with zero attached hydrogens (tertiary/aromatic N) is 2. The van der Waals surface area contributed by atoms with Crippen LogP contribution in [0.25, 0.3) is 0 Å². The van der Waals surface area contributed by atoms with E-state index >= 15 is 0 Å². The van der Waals surface area contributed by atoms with Crippen molar-refractivity contribution in [2.45, 2.75) is 32.4 Å². The summed E-state index contributed by atoms with van der Waals surface area (Å²) in [6, 6.07) is 1.49. The van der Waals surface area contributed by atoms with Crippen molar-refractivity contribution < 1.29 is 9.53 Å². The molecule has 3 N–H and O–H groups in total. The number of nitrogens with two attached hydrogens (primary N) is 1. The number of halogens is 1. The Kier molecular flexibility index (Phi) is 4.75. The number of hydrogen-bond acceptors (Lipinski definition) is 4. The molecule has 1 rings (SSSR count).